The van der Waals surface area contributed by atoms with Crippen LogP contribution in [0.15, 0.2) is 46.9 Å². The molecule has 2 unspecified atom stereocenters. The average Bonchev–Trinajstić information content (AvgIpc) is 3.12. The highest BCUT2D eigenvalue weighted by atomic mass is 19.3. The van der Waals surface area contributed by atoms with Crippen LogP contribution >= 0.6 is 0 Å². The van der Waals surface area contributed by atoms with E-state index >= 15 is 0 Å². The summed E-state index contributed by atoms with van der Waals surface area (Å²) in [6.07, 6.45) is 0.686. The Labute approximate surface area is 200 Å². The molecule has 12 heteroatoms. The highest BCUT2D eigenvalue weighted by Gasteiger charge is 2.46. The second-order valence-electron chi connectivity index (χ2n) is 8.75. The first kappa shape index (κ1) is 24.8. The van der Waals surface area contributed by atoms with Gasteiger partial charge in [0.2, 0.25) is 5.79 Å². The predicted molar refractivity (Wildman–Crippen MR) is 120 cm³/mol. The topological polar surface area (TPSA) is 92.4 Å². The number of aliphatic imine (C=N–C) groups is 1. The molecule has 0 spiro atoms. The van der Waals surface area contributed by atoms with Crippen LogP contribution in [0.4, 0.5) is 17.6 Å². The van der Waals surface area contributed by atoms with Gasteiger partial charge in [-0.05, 0) is 44.5 Å². The molecule has 0 aliphatic carbocycles. The highest BCUT2D eigenvalue weighted by molar-refractivity contribution is 5.99. The number of methoxy groups -OCH3 is 1. The number of hydrogen-bond donors (Lipinski definition) is 2. The van der Waals surface area contributed by atoms with Crippen molar-refractivity contribution in [1.82, 2.24) is 15.1 Å². The van der Waals surface area contributed by atoms with Gasteiger partial charge in [0.05, 0.1) is 7.11 Å². The fourth-order valence-corrected chi connectivity index (χ4v) is 4.78. The fourth-order valence-electron chi connectivity index (χ4n) is 4.78. The molecule has 3 aliphatic rings. The molecule has 0 aromatic heterocycles. The van der Waals surface area contributed by atoms with Gasteiger partial charge in [0, 0.05) is 48.2 Å². The highest BCUT2D eigenvalue weighted by Crippen LogP contribution is 2.39. The molecule has 0 saturated carbocycles. The largest absolute Gasteiger partial charge is 0.493 e. The first-order valence-electron chi connectivity index (χ1n) is 11.1. The minimum Gasteiger partial charge on any atom is -0.493 e. The molecule has 1 amide bonds. The third-order valence-corrected chi connectivity index (χ3v) is 6.43. The zero-order chi connectivity index (χ0) is 25.5. The summed E-state index contributed by atoms with van der Waals surface area (Å²) in [4.78, 5) is 20.8. The summed E-state index contributed by atoms with van der Waals surface area (Å²) in [6.45, 7) is 0.901. The summed E-state index contributed by atoms with van der Waals surface area (Å²) < 4.78 is 62.5. The Hall–Kier alpha value is -3.28. The number of hydrogen-bond acceptors (Lipinski definition) is 7. The van der Waals surface area contributed by atoms with Gasteiger partial charge < -0.3 is 30.3 Å². The van der Waals surface area contributed by atoms with Gasteiger partial charge in [-0.25, -0.2) is 13.8 Å². The lowest BCUT2D eigenvalue weighted by Crippen LogP contribution is -2.57. The number of nitrogens with zero attached hydrogens (tertiary/aromatic N) is 3. The standard InChI is InChI=1S/C23H27F4N5O3/c1-12-10-29-23(2)30-16(20(24)25)9-17(32(12)23)14-11-31(7-6-15(14)28)21(33)13-4-5-18(34-3)19(8-13)35-22(26)27/h4-5,8-10,14-15,20,22,29H,6-7,11,28H2,1-3H3/t14-,15?,23?/m1/s1. The zero-order valence-electron chi connectivity index (χ0n) is 19.5. The summed E-state index contributed by atoms with van der Waals surface area (Å²) in [5.41, 5.74) is 7.51. The van der Waals surface area contributed by atoms with Crippen molar-refractivity contribution >= 4 is 11.6 Å². The van der Waals surface area contributed by atoms with Gasteiger partial charge in [0.1, 0.15) is 5.71 Å². The van der Waals surface area contributed by atoms with Crippen molar-refractivity contribution in [2.24, 2.45) is 16.6 Å². The lowest BCUT2D eigenvalue weighted by Gasteiger charge is -2.46. The smallest absolute Gasteiger partial charge is 0.387 e. The Morgan fingerprint density at radius 3 is 2.69 bits per heavy atom. The first-order valence-corrected chi connectivity index (χ1v) is 11.1. The van der Waals surface area contributed by atoms with E-state index in [1.54, 1.807) is 13.1 Å². The summed E-state index contributed by atoms with van der Waals surface area (Å²) in [7, 11) is 1.30. The van der Waals surface area contributed by atoms with Crippen molar-refractivity contribution in [3.8, 4) is 11.5 Å². The monoisotopic (exact) mass is 497 g/mol. The molecule has 3 atom stereocenters. The quantitative estimate of drug-likeness (QED) is 0.587. The number of allylic oxidation sites excluding steroid dienone is 2. The minimum absolute atomic E-state index is 0.0645. The minimum atomic E-state index is -3.09. The van der Waals surface area contributed by atoms with Crippen LogP contribution in [0.5, 0.6) is 11.5 Å². The van der Waals surface area contributed by atoms with Gasteiger partial charge >= 0.3 is 6.61 Å². The van der Waals surface area contributed by atoms with Crippen LogP contribution in [0.25, 0.3) is 0 Å². The Morgan fingerprint density at radius 1 is 1.29 bits per heavy atom. The van der Waals surface area contributed by atoms with E-state index in [2.05, 4.69) is 15.0 Å². The van der Waals surface area contributed by atoms with Gasteiger partial charge in [-0.15, -0.1) is 0 Å². The summed E-state index contributed by atoms with van der Waals surface area (Å²) in [5.74, 6) is -2.20. The number of nitrogens with two attached hydrogens (primary N) is 1. The summed E-state index contributed by atoms with van der Waals surface area (Å²) >= 11 is 0. The van der Waals surface area contributed by atoms with Gasteiger partial charge in [-0.1, -0.05) is 0 Å². The van der Waals surface area contributed by atoms with Gasteiger partial charge in [0.15, 0.2) is 11.5 Å². The maximum atomic E-state index is 13.7. The molecule has 1 fully saturated rings. The molecular formula is C23H27F4N5O3. The van der Waals surface area contributed by atoms with E-state index < -0.39 is 36.7 Å². The zero-order valence-corrected chi connectivity index (χ0v) is 19.5. The molecule has 35 heavy (non-hydrogen) atoms. The van der Waals surface area contributed by atoms with E-state index in [-0.39, 0.29) is 29.3 Å². The number of alkyl halides is 4. The van der Waals surface area contributed by atoms with Gasteiger partial charge in [0.25, 0.3) is 12.3 Å². The maximum Gasteiger partial charge on any atom is 0.387 e. The third kappa shape index (κ3) is 4.66. The van der Waals surface area contributed by atoms with E-state index in [1.807, 2.05) is 11.8 Å². The molecular weight excluding hydrogens is 470 g/mol. The molecule has 1 aromatic rings. The number of ether oxygens (including phenoxy) is 2. The molecule has 8 nitrogen and oxygen atoms in total. The average molecular weight is 497 g/mol. The van der Waals surface area contributed by atoms with Crippen molar-refractivity contribution < 1.29 is 31.8 Å². The van der Waals surface area contributed by atoms with Crippen LogP contribution in [0.1, 0.15) is 30.6 Å². The van der Waals surface area contributed by atoms with Gasteiger partial charge in [-0.2, -0.15) is 8.78 Å². The Kier molecular flexibility index (Phi) is 6.67. The lowest BCUT2D eigenvalue weighted by molar-refractivity contribution is -0.0512. The van der Waals surface area contributed by atoms with E-state index in [0.29, 0.717) is 18.7 Å². The van der Waals surface area contributed by atoms with Crippen LogP contribution in [0.2, 0.25) is 0 Å². The van der Waals surface area contributed by atoms with Crippen molar-refractivity contribution in [2.75, 3.05) is 20.2 Å². The van der Waals surface area contributed by atoms with Crippen LogP contribution in [-0.2, 0) is 0 Å². The number of carbonyl (C=O) groups excluding carboxylic acids is 1. The van der Waals surface area contributed by atoms with Gasteiger partial charge in [-0.3, -0.25) is 4.79 Å². The number of carbonyl (C=O) groups is 1. The van der Waals surface area contributed by atoms with E-state index in [9.17, 15) is 22.4 Å². The fraction of sp³-hybridized carbons (Fsp3) is 0.478. The number of halogens is 4. The number of likely N-dealkylation sites (tertiary alicyclic amines) is 1. The Balaban J connectivity index is 1.63. The lowest BCUT2D eigenvalue weighted by atomic mass is 9.87. The molecule has 3 aliphatic heterocycles. The van der Waals surface area contributed by atoms with Crippen molar-refractivity contribution in [2.45, 2.75) is 45.1 Å². The third-order valence-electron chi connectivity index (χ3n) is 6.43. The predicted octanol–water partition coefficient (Wildman–Crippen LogP) is 3.13. The number of nitrogens with one attached hydrogen (secondary N) is 1. The SMILES string of the molecule is COc1ccc(C(=O)N2CCC(N)[C@H](C3=CC(C(F)F)=NC4(C)NC=C(C)N34)C2)cc1OC(F)F. The second-order valence-corrected chi connectivity index (χ2v) is 8.75. The number of rotatable bonds is 6. The summed E-state index contributed by atoms with van der Waals surface area (Å²) in [6, 6.07) is 3.64. The van der Waals surface area contributed by atoms with Crippen molar-refractivity contribution in [3.63, 3.8) is 0 Å². The molecule has 1 aromatic carbocycles. The molecule has 0 bridgehead atoms. The molecule has 3 N–H and O–H groups in total. The second kappa shape index (κ2) is 9.40. The molecule has 190 valence electrons. The van der Waals surface area contributed by atoms with Crippen LogP contribution < -0.4 is 20.5 Å². The van der Waals surface area contributed by atoms with Crippen LogP contribution in [0.3, 0.4) is 0 Å². The maximum absolute atomic E-state index is 13.7. The molecule has 4 rings (SSSR count). The van der Waals surface area contributed by atoms with E-state index in [0.717, 1.165) is 5.70 Å². The first-order chi connectivity index (χ1) is 16.5. The van der Waals surface area contributed by atoms with Crippen molar-refractivity contribution in [3.05, 3.63) is 47.4 Å². The molecule has 0 radical (unpaired) electrons. The number of amides is 1. The Bertz CT molecular complexity index is 1090. The van der Waals surface area contributed by atoms with E-state index in [4.69, 9.17) is 10.5 Å². The van der Waals surface area contributed by atoms with Crippen LogP contribution in [-0.4, -0.2) is 66.5 Å². The number of piperidine rings is 1. The van der Waals surface area contributed by atoms with Crippen molar-refractivity contribution in [1.29, 1.82) is 0 Å². The van der Waals surface area contributed by atoms with E-state index in [1.165, 1.54) is 36.3 Å². The Morgan fingerprint density at radius 2 is 2.03 bits per heavy atom. The van der Waals surface area contributed by atoms with Crippen LogP contribution in [0, 0.1) is 5.92 Å². The number of fused-ring (bicyclic) bond motifs is 1. The number of benzene rings is 1. The molecule has 1 saturated heterocycles. The normalized spacial score (nSPS) is 26.2. The molecule has 3 heterocycles. The summed E-state index contributed by atoms with van der Waals surface area (Å²) in [5, 5.41) is 3.04.